The summed E-state index contributed by atoms with van der Waals surface area (Å²) >= 11 is 0. The summed E-state index contributed by atoms with van der Waals surface area (Å²) < 4.78 is 16.6. The van der Waals surface area contributed by atoms with Crippen LogP contribution in [0.5, 0.6) is 11.5 Å². The molecule has 18 heavy (non-hydrogen) atoms. The molecule has 2 N–H and O–H groups in total. The predicted molar refractivity (Wildman–Crippen MR) is 70.1 cm³/mol. The second-order valence-electron chi connectivity index (χ2n) is 4.48. The summed E-state index contributed by atoms with van der Waals surface area (Å²) in [4.78, 5) is 2.23. The lowest BCUT2D eigenvalue weighted by atomic mass is 10.2. The van der Waals surface area contributed by atoms with Crippen molar-refractivity contribution in [2.75, 3.05) is 46.2 Å². The molecule has 5 heteroatoms. The molecule has 100 valence electrons. The smallest absolute Gasteiger partial charge is 0.163 e. The first-order chi connectivity index (χ1) is 8.69. The van der Waals surface area contributed by atoms with Crippen LogP contribution in [0, 0.1) is 0 Å². The Kier molecular flexibility index (Phi) is 4.28. The fourth-order valence-corrected chi connectivity index (χ4v) is 1.96. The number of nitrogens with zero attached hydrogens (tertiary/aromatic N) is 1. The number of ether oxygens (including phenoxy) is 3. The molecule has 0 aromatic heterocycles. The average molecular weight is 252 g/mol. The number of methoxy groups -OCH3 is 1. The van der Waals surface area contributed by atoms with Gasteiger partial charge in [0.1, 0.15) is 12.7 Å². The van der Waals surface area contributed by atoms with Crippen LogP contribution in [0.4, 0.5) is 5.69 Å². The first-order valence-corrected chi connectivity index (χ1v) is 6.05. The molecule has 0 bridgehead atoms. The normalized spacial score (nSPS) is 20.7. The summed E-state index contributed by atoms with van der Waals surface area (Å²) in [7, 11) is 3.69. The SMILES string of the molecule is COc1ccc(N)cc1OCC1CN(C)CCO1. The first-order valence-electron chi connectivity index (χ1n) is 6.05. The average Bonchev–Trinajstić information content (AvgIpc) is 2.37. The lowest BCUT2D eigenvalue weighted by Gasteiger charge is -2.30. The van der Waals surface area contributed by atoms with Gasteiger partial charge in [-0.2, -0.15) is 0 Å². The van der Waals surface area contributed by atoms with Crippen LogP contribution in [-0.4, -0.2) is 51.5 Å². The maximum Gasteiger partial charge on any atom is 0.163 e. The maximum absolute atomic E-state index is 5.74. The summed E-state index contributed by atoms with van der Waals surface area (Å²) in [6.45, 7) is 3.10. The summed E-state index contributed by atoms with van der Waals surface area (Å²) in [6, 6.07) is 5.36. The Morgan fingerprint density at radius 1 is 1.44 bits per heavy atom. The van der Waals surface area contributed by atoms with Crippen LogP contribution >= 0.6 is 0 Å². The van der Waals surface area contributed by atoms with Gasteiger partial charge < -0.3 is 24.8 Å². The minimum atomic E-state index is 0.0925. The molecule has 0 radical (unpaired) electrons. The number of nitrogen functional groups attached to an aromatic ring is 1. The van der Waals surface area contributed by atoms with E-state index >= 15 is 0 Å². The van der Waals surface area contributed by atoms with E-state index in [0.29, 0.717) is 23.8 Å². The zero-order valence-electron chi connectivity index (χ0n) is 10.9. The molecule has 0 amide bonds. The Bertz CT molecular complexity index is 398. The molecule has 1 aliphatic rings. The number of rotatable bonds is 4. The van der Waals surface area contributed by atoms with Gasteiger partial charge in [0, 0.05) is 24.8 Å². The highest BCUT2D eigenvalue weighted by Crippen LogP contribution is 2.29. The van der Waals surface area contributed by atoms with Crippen molar-refractivity contribution in [3.63, 3.8) is 0 Å². The molecular formula is C13H20N2O3. The molecule has 1 aromatic rings. The van der Waals surface area contributed by atoms with E-state index < -0.39 is 0 Å². The first kappa shape index (κ1) is 13.0. The van der Waals surface area contributed by atoms with Crippen LogP contribution in [0.25, 0.3) is 0 Å². The molecule has 1 heterocycles. The summed E-state index contributed by atoms with van der Waals surface area (Å²) in [5, 5.41) is 0. The minimum absolute atomic E-state index is 0.0925. The molecule has 5 nitrogen and oxygen atoms in total. The molecule has 1 saturated heterocycles. The largest absolute Gasteiger partial charge is 0.493 e. The summed E-state index contributed by atoms with van der Waals surface area (Å²) in [5.41, 5.74) is 6.40. The van der Waals surface area contributed by atoms with Crippen molar-refractivity contribution in [2.24, 2.45) is 0 Å². The highest BCUT2D eigenvalue weighted by Gasteiger charge is 2.18. The van der Waals surface area contributed by atoms with E-state index in [9.17, 15) is 0 Å². The highest BCUT2D eigenvalue weighted by molar-refractivity contribution is 5.51. The van der Waals surface area contributed by atoms with Crippen LogP contribution in [0.1, 0.15) is 0 Å². The molecule has 1 atom stereocenters. The minimum Gasteiger partial charge on any atom is -0.493 e. The third-order valence-corrected chi connectivity index (χ3v) is 2.95. The second-order valence-corrected chi connectivity index (χ2v) is 4.48. The van der Waals surface area contributed by atoms with Crippen molar-refractivity contribution in [1.82, 2.24) is 4.90 Å². The Hall–Kier alpha value is -1.46. The van der Waals surface area contributed by atoms with Gasteiger partial charge in [0.2, 0.25) is 0 Å². The van der Waals surface area contributed by atoms with Crippen molar-refractivity contribution in [3.05, 3.63) is 18.2 Å². The van der Waals surface area contributed by atoms with Crippen molar-refractivity contribution < 1.29 is 14.2 Å². The number of likely N-dealkylation sites (N-methyl/N-ethyl adjacent to an activating group) is 1. The van der Waals surface area contributed by atoms with Crippen molar-refractivity contribution in [3.8, 4) is 11.5 Å². The van der Waals surface area contributed by atoms with E-state index in [1.54, 1.807) is 25.3 Å². The van der Waals surface area contributed by atoms with Crippen LogP contribution < -0.4 is 15.2 Å². The number of morpholine rings is 1. The fourth-order valence-electron chi connectivity index (χ4n) is 1.96. The third-order valence-electron chi connectivity index (χ3n) is 2.95. The molecule has 1 fully saturated rings. The lowest BCUT2D eigenvalue weighted by Crippen LogP contribution is -2.42. The van der Waals surface area contributed by atoms with Crippen LogP contribution in [0.15, 0.2) is 18.2 Å². The molecule has 1 unspecified atom stereocenters. The molecule has 1 aliphatic heterocycles. The van der Waals surface area contributed by atoms with Gasteiger partial charge in [-0.05, 0) is 19.2 Å². The highest BCUT2D eigenvalue weighted by atomic mass is 16.5. The van der Waals surface area contributed by atoms with Crippen LogP contribution in [0.3, 0.4) is 0 Å². The van der Waals surface area contributed by atoms with E-state index in [1.807, 2.05) is 0 Å². The van der Waals surface area contributed by atoms with Gasteiger partial charge in [-0.25, -0.2) is 0 Å². The van der Waals surface area contributed by atoms with Gasteiger partial charge in [0.25, 0.3) is 0 Å². The number of hydrogen-bond acceptors (Lipinski definition) is 5. The summed E-state index contributed by atoms with van der Waals surface area (Å²) in [5.74, 6) is 1.35. The van der Waals surface area contributed by atoms with E-state index in [-0.39, 0.29) is 6.10 Å². The molecule has 2 rings (SSSR count). The standard InChI is InChI=1S/C13H20N2O3/c1-15-5-6-17-11(8-15)9-18-13-7-10(14)3-4-12(13)16-2/h3-4,7,11H,5-6,8-9,14H2,1-2H3. The van der Waals surface area contributed by atoms with E-state index in [4.69, 9.17) is 19.9 Å². The molecule has 0 saturated carbocycles. The zero-order valence-corrected chi connectivity index (χ0v) is 10.9. The second kappa shape index (κ2) is 5.93. The van der Waals surface area contributed by atoms with Crippen molar-refractivity contribution in [1.29, 1.82) is 0 Å². The zero-order chi connectivity index (χ0) is 13.0. The van der Waals surface area contributed by atoms with Gasteiger partial charge >= 0.3 is 0 Å². The van der Waals surface area contributed by atoms with Gasteiger partial charge in [0.05, 0.1) is 13.7 Å². The lowest BCUT2D eigenvalue weighted by molar-refractivity contribution is -0.0406. The molecule has 1 aromatic carbocycles. The quantitative estimate of drug-likeness (QED) is 0.810. The molecular weight excluding hydrogens is 232 g/mol. The molecule has 0 spiro atoms. The van der Waals surface area contributed by atoms with E-state index in [2.05, 4.69) is 11.9 Å². The van der Waals surface area contributed by atoms with Gasteiger partial charge in [-0.3, -0.25) is 0 Å². The van der Waals surface area contributed by atoms with Crippen molar-refractivity contribution in [2.45, 2.75) is 6.10 Å². The third kappa shape index (κ3) is 3.27. The predicted octanol–water partition coefficient (Wildman–Crippen LogP) is 0.987. The van der Waals surface area contributed by atoms with E-state index in [1.165, 1.54) is 0 Å². The Morgan fingerprint density at radius 2 is 2.28 bits per heavy atom. The maximum atomic E-state index is 5.74. The van der Waals surface area contributed by atoms with E-state index in [0.717, 1.165) is 19.7 Å². The van der Waals surface area contributed by atoms with Crippen LogP contribution in [-0.2, 0) is 4.74 Å². The monoisotopic (exact) mass is 252 g/mol. The number of anilines is 1. The Morgan fingerprint density at radius 3 is 3.00 bits per heavy atom. The van der Waals surface area contributed by atoms with Gasteiger partial charge in [0.15, 0.2) is 11.5 Å². The van der Waals surface area contributed by atoms with Crippen LogP contribution in [0.2, 0.25) is 0 Å². The summed E-state index contributed by atoms with van der Waals surface area (Å²) in [6.07, 6.45) is 0.0925. The Labute approximate surface area is 107 Å². The number of benzene rings is 1. The molecule has 0 aliphatic carbocycles. The van der Waals surface area contributed by atoms with Gasteiger partial charge in [-0.1, -0.05) is 0 Å². The van der Waals surface area contributed by atoms with Crippen molar-refractivity contribution >= 4 is 5.69 Å². The van der Waals surface area contributed by atoms with Gasteiger partial charge in [-0.15, -0.1) is 0 Å². The number of nitrogens with two attached hydrogens (primary N) is 1. The number of hydrogen-bond donors (Lipinski definition) is 1. The fraction of sp³-hybridized carbons (Fsp3) is 0.538. The Balaban J connectivity index is 1.94. The topological polar surface area (TPSA) is 57.0 Å².